The molecule has 0 aliphatic carbocycles. The van der Waals surface area contributed by atoms with E-state index < -0.39 is 0 Å². The second-order valence-electron chi connectivity index (χ2n) is 4.51. The fraction of sp³-hybridized carbons (Fsp3) is 0.400. The van der Waals surface area contributed by atoms with Crippen molar-refractivity contribution in [1.82, 2.24) is 9.78 Å². The first-order valence-corrected chi connectivity index (χ1v) is 6.63. The van der Waals surface area contributed by atoms with E-state index >= 15 is 0 Å². The summed E-state index contributed by atoms with van der Waals surface area (Å²) in [7, 11) is 0. The third-order valence-electron chi connectivity index (χ3n) is 3.29. The first kappa shape index (κ1) is 12.7. The molecule has 18 heavy (non-hydrogen) atoms. The molecule has 96 valence electrons. The maximum atomic E-state index is 5.96. The van der Waals surface area contributed by atoms with Crippen LogP contribution in [0.25, 0.3) is 0 Å². The number of nitrogen functional groups attached to an aromatic ring is 1. The Morgan fingerprint density at radius 2 is 1.94 bits per heavy atom. The lowest BCUT2D eigenvalue weighted by molar-refractivity contribution is 0.582. The monoisotopic (exact) mass is 243 g/mol. The van der Waals surface area contributed by atoms with Gasteiger partial charge in [0, 0.05) is 17.9 Å². The third-order valence-corrected chi connectivity index (χ3v) is 3.29. The van der Waals surface area contributed by atoms with Crippen molar-refractivity contribution in [3.05, 3.63) is 47.3 Å². The van der Waals surface area contributed by atoms with Crippen LogP contribution in [0.15, 0.2) is 30.3 Å². The molecule has 2 aromatic rings. The van der Waals surface area contributed by atoms with E-state index in [1.165, 1.54) is 17.0 Å². The Labute approximate surface area is 109 Å². The SMILES string of the molecule is CCc1cc(CC)n(CCc2ccccc2N)n1. The highest BCUT2D eigenvalue weighted by Crippen LogP contribution is 2.13. The lowest BCUT2D eigenvalue weighted by atomic mass is 10.1. The minimum atomic E-state index is 0.874. The van der Waals surface area contributed by atoms with Crippen LogP contribution in [0.5, 0.6) is 0 Å². The number of aromatic nitrogens is 2. The highest BCUT2D eigenvalue weighted by atomic mass is 15.3. The molecule has 0 unspecified atom stereocenters. The topological polar surface area (TPSA) is 43.8 Å². The molecule has 3 heteroatoms. The molecule has 3 nitrogen and oxygen atoms in total. The van der Waals surface area contributed by atoms with E-state index in [4.69, 9.17) is 5.73 Å². The van der Waals surface area contributed by atoms with Crippen molar-refractivity contribution >= 4 is 5.69 Å². The summed E-state index contributed by atoms with van der Waals surface area (Å²) in [6.45, 7) is 5.21. The van der Waals surface area contributed by atoms with Crippen LogP contribution in [-0.4, -0.2) is 9.78 Å². The molecular formula is C15H21N3. The smallest absolute Gasteiger partial charge is 0.0624 e. The number of para-hydroxylation sites is 1. The van der Waals surface area contributed by atoms with Crippen molar-refractivity contribution in [2.45, 2.75) is 39.7 Å². The van der Waals surface area contributed by atoms with Crippen LogP contribution < -0.4 is 5.73 Å². The first-order valence-electron chi connectivity index (χ1n) is 6.63. The zero-order valence-electron chi connectivity index (χ0n) is 11.2. The van der Waals surface area contributed by atoms with Gasteiger partial charge in [-0.2, -0.15) is 5.10 Å². The normalized spacial score (nSPS) is 10.8. The lowest BCUT2D eigenvalue weighted by Gasteiger charge is -2.08. The highest BCUT2D eigenvalue weighted by molar-refractivity contribution is 5.46. The van der Waals surface area contributed by atoms with Crippen molar-refractivity contribution in [2.24, 2.45) is 0 Å². The Balaban J connectivity index is 2.10. The van der Waals surface area contributed by atoms with Crippen LogP contribution in [0, 0.1) is 0 Å². The van der Waals surface area contributed by atoms with Gasteiger partial charge in [-0.3, -0.25) is 4.68 Å². The standard InChI is InChI=1S/C15H21N3/c1-3-13-11-14(4-2)18(17-13)10-9-12-7-5-6-8-15(12)16/h5-8,11H,3-4,9-10,16H2,1-2H3. The summed E-state index contributed by atoms with van der Waals surface area (Å²) in [5.74, 6) is 0. The van der Waals surface area contributed by atoms with Gasteiger partial charge in [0.25, 0.3) is 0 Å². The molecular weight excluding hydrogens is 222 g/mol. The summed E-state index contributed by atoms with van der Waals surface area (Å²) in [6, 6.07) is 10.3. The number of nitrogens with zero attached hydrogens (tertiary/aromatic N) is 2. The average molecular weight is 243 g/mol. The third kappa shape index (κ3) is 2.73. The fourth-order valence-corrected chi connectivity index (χ4v) is 2.15. The Kier molecular flexibility index (Phi) is 4.03. The molecule has 0 bridgehead atoms. The van der Waals surface area contributed by atoms with Crippen molar-refractivity contribution in [3.8, 4) is 0 Å². The van der Waals surface area contributed by atoms with Crippen molar-refractivity contribution in [2.75, 3.05) is 5.73 Å². The van der Waals surface area contributed by atoms with Gasteiger partial charge in [0.2, 0.25) is 0 Å². The quantitative estimate of drug-likeness (QED) is 0.821. The summed E-state index contributed by atoms with van der Waals surface area (Å²) in [5.41, 5.74) is 10.5. The van der Waals surface area contributed by atoms with Gasteiger partial charge in [0.1, 0.15) is 0 Å². The van der Waals surface area contributed by atoms with Gasteiger partial charge in [0.15, 0.2) is 0 Å². The van der Waals surface area contributed by atoms with E-state index in [1.807, 2.05) is 18.2 Å². The molecule has 1 aromatic carbocycles. The molecule has 2 rings (SSSR count). The van der Waals surface area contributed by atoms with Crippen molar-refractivity contribution in [1.29, 1.82) is 0 Å². The molecule has 1 heterocycles. The zero-order chi connectivity index (χ0) is 13.0. The summed E-state index contributed by atoms with van der Waals surface area (Å²) >= 11 is 0. The van der Waals surface area contributed by atoms with Gasteiger partial charge in [-0.25, -0.2) is 0 Å². The van der Waals surface area contributed by atoms with E-state index in [0.717, 1.165) is 31.5 Å². The predicted octanol–water partition coefficient (Wildman–Crippen LogP) is 2.83. The summed E-state index contributed by atoms with van der Waals surface area (Å²) < 4.78 is 2.12. The predicted molar refractivity (Wildman–Crippen MR) is 75.5 cm³/mol. The van der Waals surface area contributed by atoms with Crippen molar-refractivity contribution in [3.63, 3.8) is 0 Å². The molecule has 0 saturated carbocycles. The van der Waals surface area contributed by atoms with Gasteiger partial charge in [0.05, 0.1) is 5.69 Å². The molecule has 0 aliphatic heterocycles. The van der Waals surface area contributed by atoms with E-state index in [-0.39, 0.29) is 0 Å². The minimum Gasteiger partial charge on any atom is -0.399 e. The molecule has 0 fully saturated rings. The van der Waals surface area contributed by atoms with E-state index in [0.29, 0.717) is 0 Å². The summed E-state index contributed by atoms with van der Waals surface area (Å²) in [6.07, 6.45) is 2.95. The molecule has 1 aromatic heterocycles. The van der Waals surface area contributed by atoms with E-state index in [9.17, 15) is 0 Å². The molecule has 0 radical (unpaired) electrons. The number of hydrogen-bond donors (Lipinski definition) is 1. The lowest BCUT2D eigenvalue weighted by Crippen LogP contribution is -2.08. The number of aryl methyl sites for hydroxylation is 4. The van der Waals surface area contributed by atoms with Crippen LogP contribution in [0.3, 0.4) is 0 Å². The van der Waals surface area contributed by atoms with E-state index in [2.05, 4.69) is 35.8 Å². The number of benzene rings is 1. The number of rotatable bonds is 5. The summed E-state index contributed by atoms with van der Waals surface area (Å²) in [4.78, 5) is 0. The van der Waals surface area contributed by atoms with Crippen LogP contribution >= 0.6 is 0 Å². The molecule has 0 atom stereocenters. The average Bonchev–Trinajstić information content (AvgIpc) is 2.80. The Morgan fingerprint density at radius 3 is 2.61 bits per heavy atom. The number of hydrogen-bond acceptors (Lipinski definition) is 2. The van der Waals surface area contributed by atoms with Crippen LogP contribution in [0.2, 0.25) is 0 Å². The molecule has 2 N–H and O–H groups in total. The Morgan fingerprint density at radius 1 is 1.17 bits per heavy atom. The van der Waals surface area contributed by atoms with Crippen molar-refractivity contribution < 1.29 is 0 Å². The number of anilines is 1. The van der Waals surface area contributed by atoms with Crippen LogP contribution in [-0.2, 0) is 25.8 Å². The molecule has 0 amide bonds. The van der Waals surface area contributed by atoms with Crippen LogP contribution in [0.4, 0.5) is 5.69 Å². The molecule has 0 saturated heterocycles. The van der Waals surface area contributed by atoms with Gasteiger partial charge >= 0.3 is 0 Å². The molecule has 0 aliphatic rings. The first-order chi connectivity index (χ1) is 8.74. The largest absolute Gasteiger partial charge is 0.399 e. The summed E-state index contributed by atoms with van der Waals surface area (Å²) in [5, 5.41) is 4.62. The maximum absolute atomic E-state index is 5.96. The van der Waals surface area contributed by atoms with Gasteiger partial charge in [-0.05, 0) is 37.0 Å². The zero-order valence-corrected chi connectivity index (χ0v) is 11.2. The molecule has 0 spiro atoms. The maximum Gasteiger partial charge on any atom is 0.0624 e. The Bertz CT molecular complexity index is 514. The minimum absolute atomic E-state index is 0.874. The Hall–Kier alpha value is -1.77. The van der Waals surface area contributed by atoms with Gasteiger partial charge in [-0.15, -0.1) is 0 Å². The van der Waals surface area contributed by atoms with Gasteiger partial charge < -0.3 is 5.73 Å². The fourth-order valence-electron chi connectivity index (χ4n) is 2.15. The highest BCUT2D eigenvalue weighted by Gasteiger charge is 2.06. The second-order valence-corrected chi connectivity index (χ2v) is 4.51. The van der Waals surface area contributed by atoms with Gasteiger partial charge in [-0.1, -0.05) is 32.0 Å². The number of nitrogens with two attached hydrogens (primary N) is 1. The van der Waals surface area contributed by atoms with E-state index in [1.54, 1.807) is 0 Å². The van der Waals surface area contributed by atoms with Crippen LogP contribution in [0.1, 0.15) is 30.8 Å². The second kappa shape index (κ2) is 5.71.